The number of hydrogen-bond donors (Lipinski definition) is 2. The van der Waals surface area contributed by atoms with Crippen LogP contribution in [0.5, 0.6) is 11.5 Å². The number of nitrogens with zero attached hydrogens (tertiary/aromatic N) is 2. The summed E-state index contributed by atoms with van der Waals surface area (Å²) in [6.07, 6.45) is 3.36. The zero-order chi connectivity index (χ0) is 21.5. The molecule has 3 aromatic rings. The number of methoxy groups -OCH3 is 1. The Kier molecular flexibility index (Phi) is 7.35. The number of β-amino-alcohol motifs (C(OH)–C–C–N with tert-alkyl or cyclic N) is 1. The Bertz CT molecular complexity index is 959. The molecule has 1 aliphatic heterocycles. The highest BCUT2D eigenvalue weighted by molar-refractivity contribution is 5.83. The molecule has 4 rings (SSSR count). The minimum absolute atomic E-state index is 0.499. The highest BCUT2D eigenvalue weighted by Gasteiger charge is 2.22. The molecule has 0 radical (unpaired) electrons. The van der Waals surface area contributed by atoms with Crippen LogP contribution >= 0.6 is 0 Å². The number of aliphatic hydroxyl groups is 1. The summed E-state index contributed by atoms with van der Waals surface area (Å²) in [6, 6.07) is 18.1. The van der Waals surface area contributed by atoms with Crippen molar-refractivity contribution in [2.45, 2.75) is 25.0 Å². The molecule has 0 amide bonds. The fourth-order valence-corrected chi connectivity index (χ4v) is 4.18. The third kappa shape index (κ3) is 5.73. The van der Waals surface area contributed by atoms with Gasteiger partial charge in [-0.1, -0.05) is 18.2 Å². The molecule has 1 fully saturated rings. The average molecular weight is 422 g/mol. The van der Waals surface area contributed by atoms with Gasteiger partial charge in [0.25, 0.3) is 0 Å². The van der Waals surface area contributed by atoms with Gasteiger partial charge in [0.15, 0.2) is 0 Å². The van der Waals surface area contributed by atoms with Gasteiger partial charge in [-0.05, 0) is 67.9 Å². The molecular formula is C25H31N3O3. The van der Waals surface area contributed by atoms with E-state index in [1.54, 1.807) is 13.3 Å². The van der Waals surface area contributed by atoms with Crippen LogP contribution < -0.4 is 14.8 Å². The number of para-hydroxylation sites is 1. The van der Waals surface area contributed by atoms with Gasteiger partial charge in [0.2, 0.25) is 0 Å². The molecule has 6 heteroatoms. The molecule has 1 aromatic heterocycles. The molecule has 31 heavy (non-hydrogen) atoms. The normalized spacial score (nSPS) is 16.3. The lowest BCUT2D eigenvalue weighted by Crippen LogP contribution is -2.44. The summed E-state index contributed by atoms with van der Waals surface area (Å²) in [5.41, 5.74) is 1.78. The van der Waals surface area contributed by atoms with E-state index in [4.69, 9.17) is 9.47 Å². The van der Waals surface area contributed by atoms with Gasteiger partial charge >= 0.3 is 0 Å². The third-order valence-corrected chi connectivity index (χ3v) is 5.91. The van der Waals surface area contributed by atoms with Crippen molar-refractivity contribution in [3.05, 3.63) is 66.4 Å². The van der Waals surface area contributed by atoms with Crippen molar-refractivity contribution in [2.24, 2.45) is 0 Å². The Morgan fingerprint density at radius 1 is 1.10 bits per heavy atom. The summed E-state index contributed by atoms with van der Waals surface area (Å²) < 4.78 is 11.1. The number of piperidine rings is 1. The first kappa shape index (κ1) is 21.6. The molecule has 0 aliphatic carbocycles. The highest BCUT2D eigenvalue weighted by Crippen LogP contribution is 2.27. The molecule has 0 saturated carbocycles. The molecule has 0 bridgehead atoms. The van der Waals surface area contributed by atoms with Crippen molar-refractivity contribution in [3.63, 3.8) is 0 Å². The summed E-state index contributed by atoms with van der Waals surface area (Å²) in [5.74, 6) is 1.69. The van der Waals surface area contributed by atoms with Crippen molar-refractivity contribution in [3.8, 4) is 11.5 Å². The fourth-order valence-electron chi connectivity index (χ4n) is 4.18. The van der Waals surface area contributed by atoms with E-state index in [-0.39, 0.29) is 0 Å². The summed E-state index contributed by atoms with van der Waals surface area (Å²) in [4.78, 5) is 6.76. The van der Waals surface area contributed by atoms with Gasteiger partial charge in [0.1, 0.15) is 18.1 Å². The highest BCUT2D eigenvalue weighted by atomic mass is 16.5. The van der Waals surface area contributed by atoms with E-state index in [1.165, 1.54) is 0 Å². The van der Waals surface area contributed by atoms with E-state index in [0.29, 0.717) is 19.2 Å². The summed E-state index contributed by atoms with van der Waals surface area (Å²) in [6.45, 7) is 4.08. The number of hydrogen-bond acceptors (Lipinski definition) is 6. The first-order chi connectivity index (χ1) is 15.2. The van der Waals surface area contributed by atoms with E-state index in [9.17, 15) is 5.11 Å². The number of likely N-dealkylation sites (tertiary alicyclic amines) is 1. The van der Waals surface area contributed by atoms with Gasteiger partial charge in [0, 0.05) is 30.7 Å². The maximum atomic E-state index is 10.9. The lowest BCUT2D eigenvalue weighted by molar-refractivity contribution is 0.0946. The molecule has 2 aromatic carbocycles. The lowest BCUT2D eigenvalue weighted by Gasteiger charge is -2.33. The van der Waals surface area contributed by atoms with Gasteiger partial charge < -0.3 is 24.8 Å². The molecule has 1 atom stereocenters. The van der Waals surface area contributed by atoms with Crippen LogP contribution in [0.4, 0.5) is 0 Å². The Morgan fingerprint density at radius 3 is 2.68 bits per heavy atom. The summed E-state index contributed by atoms with van der Waals surface area (Å²) >= 11 is 0. The van der Waals surface area contributed by atoms with E-state index >= 15 is 0 Å². The minimum Gasteiger partial charge on any atom is -0.497 e. The van der Waals surface area contributed by atoms with Crippen molar-refractivity contribution >= 4 is 10.9 Å². The van der Waals surface area contributed by atoms with Crippen molar-refractivity contribution in [2.75, 3.05) is 39.9 Å². The molecule has 164 valence electrons. The van der Waals surface area contributed by atoms with Gasteiger partial charge in [-0.3, -0.25) is 4.98 Å². The van der Waals surface area contributed by atoms with Crippen LogP contribution in [0.3, 0.4) is 0 Å². The predicted octanol–water partition coefficient (Wildman–Crippen LogP) is 3.41. The first-order valence-corrected chi connectivity index (χ1v) is 11.0. The maximum Gasteiger partial charge on any atom is 0.119 e. The largest absolute Gasteiger partial charge is 0.497 e. The number of aliphatic hydroxyl groups excluding tert-OH is 1. The topological polar surface area (TPSA) is 66.9 Å². The fraction of sp³-hybridized carbons (Fsp3) is 0.400. The Hall–Kier alpha value is -2.67. The SMILES string of the molecule is COc1ccc2nccc(C(O)CN3CCC(NCCOc4ccccc4)CC3)c2c1. The van der Waals surface area contributed by atoms with Gasteiger partial charge in [-0.15, -0.1) is 0 Å². The van der Waals surface area contributed by atoms with Gasteiger partial charge in [-0.25, -0.2) is 0 Å². The van der Waals surface area contributed by atoms with Crippen LogP contribution in [0.1, 0.15) is 24.5 Å². The van der Waals surface area contributed by atoms with Crippen LogP contribution in [-0.2, 0) is 0 Å². The Morgan fingerprint density at radius 2 is 1.90 bits per heavy atom. The molecule has 6 nitrogen and oxygen atoms in total. The zero-order valence-corrected chi connectivity index (χ0v) is 18.0. The zero-order valence-electron chi connectivity index (χ0n) is 18.0. The molecule has 1 unspecified atom stereocenters. The average Bonchev–Trinajstić information content (AvgIpc) is 2.82. The number of nitrogens with one attached hydrogen (secondary N) is 1. The minimum atomic E-state index is -0.554. The number of aromatic nitrogens is 1. The smallest absolute Gasteiger partial charge is 0.119 e. The molecule has 2 N–H and O–H groups in total. The number of pyridine rings is 1. The van der Waals surface area contributed by atoms with Crippen molar-refractivity contribution in [1.29, 1.82) is 0 Å². The standard InChI is InChI=1S/C25H31N3O3/c1-30-21-7-8-24-23(17-21)22(9-12-27-24)25(29)18-28-14-10-19(11-15-28)26-13-16-31-20-5-3-2-4-6-20/h2-9,12,17,19,25-26,29H,10-11,13-16,18H2,1H3. The van der Waals surface area contributed by atoms with Crippen molar-refractivity contribution < 1.29 is 14.6 Å². The third-order valence-electron chi connectivity index (χ3n) is 5.91. The molecule has 2 heterocycles. The van der Waals surface area contributed by atoms with Crippen molar-refractivity contribution in [1.82, 2.24) is 15.2 Å². The molecule has 0 spiro atoms. The Labute approximate surface area is 183 Å². The van der Waals surface area contributed by atoms with E-state index in [1.807, 2.05) is 54.6 Å². The number of ether oxygens (including phenoxy) is 2. The van der Waals surface area contributed by atoms with E-state index in [0.717, 1.165) is 60.4 Å². The number of benzene rings is 2. The van der Waals surface area contributed by atoms with E-state index in [2.05, 4.69) is 15.2 Å². The quantitative estimate of drug-likeness (QED) is 0.516. The summed E-state index contributed by atoms with van der Waals surface area (Å²) in [5, 5.41) is 15.5. The number of fused-ring (bicyclic) bond motifs is 1. The second-order valence-electron chi connectivity index (χ2n) is 7.99. The van der Waals surface area contributed by atoms with Crippen LogP contribution in [0.2, 0.25) is 0 Å². The maximum absolute atomic E-state index is 10.9. The Balaban J connectivity index is 1.24. The van der Waals surface area contributed by atoms with Crippen LogP contribution in [0.15, 0.2) is 60.8 Å². The van der Waals surface area contributed by atoms with Crippen LogP contribution in [-0.4, -0.2) is 60.9 Å². The lowest BCUT2D eigenvalue weighted by atomic mass is 10.0. The monoisotopic (exact) mass is 421 g/mol. The van der Waals surface area contributed by atoms with Gasteiger partial charge in [0.05, 0.1) is 18.7 Å². The molecule has 1 aliphatic rings. The van der Waals surface area contributed by atoms with E-state index < -0.39 is 6.10 Å². The second-order valence-corrected chi connectivity index (χ2v) is 7.99. The van der Waals surface area contributed by atoms with Gasteiger partial charge in [-0.2, -0.15) is 0 Å². The molecular weight excluding hydrogens is 390 g/mol. The first-order valence-electron chi connectivity index (χ1n) is 11.0. The van der Waals surface area contributed by atoms with Crippen LogP contribution in [0, 0.1) is 0 Å². The summed E-state index contributed by atoms with van der Waals surface area (Å²) in [7, 11) is 1.65. The van der Waals surface area contributed by atoms with Crippen LogP contribution in [0.25, 0.3) is 10.9 Å². The predicted molar refractivity (Wildman–Crippen MR) is 123 cm³/mol. The second kappa shape index (κ2) is 10.6. The number of rotatable bonds is 9. The molecule has 1 saturated heterocycles.